The van der Waals surface area contributed by atoms with Crippen LogP contribution in [0.4, 0.5) is 11.4 Å². The molecule has 0 saturated heterocycles. The van der Waals surface area contributed by atoms with Gasteiger partial charge in [-0.15, -0.1) is 0 Å². The Labute approximate surface area is 195 Å². The van der Waals surface area contributed by atoms with E-state index in [0.717, 1.165) is 35.5 Å². The van der Waals surface area contributed by atoms with E-state index in [2.05, 4.69) is 67.6 Å². The molecule has 3 aromatic rings. The second-order valence-electron chi connectivity index (χ2n) is 9.34. The summed E-state index contributed by atoms with van der Waals surface area (Å²) >= 11 is 0. The Morgan fingerprint density at radius 1 is 1.00 bits per heavy atom. The fourth-order valence-electron chi connectivity index (χ4n) is 4.76. The van der Waals surface area contributed by atoms with Crippen LogP contribution in [0.5, 0.6) is 11.6 Å². The van der Waals surface area contributed by atoms with E-state index in [1.165, 1.54) is 27.7 Å². The number of aromatic hydroxyl groups is 1. The van der Waals surface area contributed by atoms with Crippen molar-refractivity contribution < 1.29 is 9.84 Å². The average molecular weight is 451 g/mol. The summed E-state index contributed by atoms with van der Waals surface area (Å²) < 4.78 is 7.19. The Morgan fingerprint density at radius 2 is 1.64 bits per heavy atom. The number of hydrogen-bond donors (Lipinski definition) is 2. The third-order valence-electron chi connectivity index (χ3n) is 6.45. The number of nitrogens with zero attached hydrogens (tertiary/aromatic N) is 3. The van der Waals surface area contributed by atoms with Gasteiger partial charge >= 0.3 is 5.69 Å². The van der Waals surface area contributed by atoms with Crippen LogP contribution in [-0.2, 0) is 6.54 Å². The molecule has 0 radical (unpaired) electrons. The number of benzene rings is 2. The number of anilines is 2. The van der Waals surface area contributed by atoms with Gasteiger partial charge in [-0.1, -0.05) is 6.07 Å². The van der Waals surface area contributed by atoms with Crippen LogP contribution < -0.4 is 20.2 Å². The van der Waals surface area contributed by atoms with Crippen LogP contribution in [0, 0.1) is 6.92 Å². The molecule has 1 aliphatic rings. The van der Waals surface area contributed by atoms with Gasteiger partial charge in [0.05, 0.1) is 31.2 Å². The molecule has 0 bridgehead atoms. The fraction of sp³-hybridized carbons (Fsp3) is 0.423. The molecule has 7 heteroatoms. The molecule has 4 rings (SSSR count). The SMILES string of the molecule is COc1ccc(Cn2cc(O)[nH]c2=O)cc1-c1cc2c(cc1C)N(C(C)C)CCN2C(C)C. The molecule has 1 aromatic heterocycles. The number of imidazole rings is 1. The number of methoxy groups -OCH3 is 1. The highest BCUT2D eigenvalue weighted by molar-refractivity contribution is 5.85. The van der Waals surface area contributed by atoms with E-state index in [1.807, 2.05) is 12.1 Å². The number of fused-ring (bicyclic) bond motifs is 1. The Morgan fingerprint density at radius 3 is 2.18 bits per heavy atom. The predicted molar refractivity (Wildman–Crippen MR) is 134 cm³/mol. The molecule has 0 unspecified atom stereocenters. The van der Waals surface area contributed by atoms with Crippen molar-refractivity contribution in [2.45, 2.75) is 53.2 Å². The zero-order valence-electron chi connectivity index (χ0n) is 20.3. The highest BCUT2D eigenvalue weighted by Crippen LogP contribution is 2.43. The highest BCUT2D eigenvalue weighted by Gasteiger charge is 2.27. The van der Waals surface area contributed by atoms with Crippen LogP contribution in [0.2, 0.25) is 0 Å². The monoisotopic (exact) mass is 450 g/mol. The normalized spacial score (nSPS) is 13.7. The van der Waals surface area contributed by atoms with Crippen LogP contribution >= 0.6 is 0 Å². The van der Waals surface area contributed by atoms with E-state index < -0.39 is 0 Å². The summed E-state index contributed by atoms with van der Waals surface area (Å²) in [5.74, 6) is 0.654. The zero-order chi connectivity index (χ0) is 23.9. The standard InChI is InChI=1S/C26H34N4O3/c1-16(2)29-9-10-30(17(3)4)23-13-20(18(5)11-22(23)29)21-12-19(7-8-24(21)33-6)14-28-15-25(31)27-26(28)32/h7-8,11-13,15-17,31H,9-10,14H2,1-6H3,(H,27,32). The van der Waals surface area contributed by atoms with Crippen molar-refractivity contribution in [2.75, 3.05) is 30.0 Å². The third-order valence-corrected chi connectivity index (χ3v) is 6.45. The van der Waals surface area contributed by atoms with Crippen molar-refractivity contribution in [1.82, 2.24) is 9.55 Å². The molecule has 2 aromatic carbocycles. The van der Waals surface area contributed by atoms with E-state index in [0.29, 0.717) is 18.6 Å². The van der Waals surface area contributed by atoms with E-state index in [1.54, 1.807) is 7.11 Å². The molecular formula is C26H34N4O3. The van der Waals surface area contributed by atoms with Crippen molar-refractivity contribution in [1.29, 1.82) is 0 Å². The van der Waals surface area contributed by atoms with Crippen LogP contribution in [0.25, 0.3) is 11.1 Å². The summed E-state index contributed by atoms with van der Waals surface area (Å²) in [6, 6.07) is 11.4. The Kier molecular flexibility index (Phi) is 6.15. The molecule has 0 saturated carbocycles. The van der Waals surface area contributed by atoms with Gasteiger partial charge in [0.2, 0.25) is 5.88 Å². The summed E-state index contributed by atoms with van der Waals surface area (Å²) in [5.41, 5.74) is 6.42. The maximum Gasteiger partial charge on any atom is 0.328 e. The molecule has 2 heterocycles. The lowest BCUT2D eigenvalue weighted by Crippen LogP contribution is -2.46. The van der Waals surface area contributed by atoms with Gasteiger partial charge in [-0.25, -0.2) is 4.79 Å². The maximum atomic E-state index is 12.0. The number of aromatic nitrogens is 2. The molecule has 0 spiro atoms. The first-order valence-corrected chi connectivity index (χ1v) is 11.5. The van der Waals surface area contributed by atoms with Gasteiger partial charge in [0.15, 0.2) is 0 Å². The van der Waals surface area contributed by atoms with Crippen LogP contribution in [0.1, 0.15) is 38.8 Å². The summed E-state index contributed by atoms with van der Waals surface area (Å²) in [6.07, 6.45) is 1.41. The van der Waals surface area contributed by atoms with Crippen molar-refractivity contribution in [2.24, 2.45) is 0 Å². The van der Waals surface area contributed by atoms with E-state index in [-0.39, 0.29) is 11.6 Å². The molecule has 0 fully saturated rings. The average Bonchev–Trinajstić information content (AvgIpc) is 3.08. The van der Waals surface area contributed by atoms with Gasteiger partial charge in [0.25, 0.3) is 0 Å². The summed E-state index contributed by atoms with van der Waals surface area (Å²) in [6.45, 7) is 13.5. The topological polar surface area (TPSA) is 73.7 Å². The predicted octanol–water partition coefficient (Wildman–Crippen LogP) is 4.36. The van der Waals surface area contributed by atoms with Gasteiger partial charge in [-0.3, -0.25) is 9.55 Å². The first kappa shape index (κ1) is 22.8. The summed E-state index contributed by atoms with van der Waals surface area (Å²) in [4.78, 5) is 19.4. The maximum absolute atomic E-state index is 12.0. The van der Waals surface area contributed by atoms with Gasteiger partial charge in [-0.05, 0) is 75.6 Å². The first-order valence-electron chi connectivity index (χ1n) is 11.5. The van der Waals surface area contributed by atoms with Crippen LogP contribution in [-0.4, -0.2) is 46.9 Å². The molecule has 0 atom stereocenters. The second-order valence-corrected chi connectivity index (χ2v) is 9.34. The third kappa shape index (κ3) is 4.32. The van der Waals surface area contributed by atoms with Crippen LogP contribution in [0.15, 0.2) is 41.3 Å². The Bertz CT molecular complexity index is 1210. The van der Waals surface area contributed by atoms with Crippen molar-refractivity contribution >= 4 is 11.4 Å². The number of H-pyrrole nitrogens is 1. The number of hydrogen-bond acceptors (Lipinski definition) is 5. The number of aromatic amines is 1. The molecule has 7 nitrogen and oxygen atoms in total. The largest absolute Gasteiger partial charge is 0.496 e. The lowest BCUT2D eigenvalue weighted by atomic mass is 9.94. The second kappa shape index (κ2) is 8.89. The number of rotatable bonds is 6. The minimum absolute atomic E-state index is 0.136. The fourth-order valence-corrected chi connectivity index (χ4v) is 4.76. The van der Waals surface area contributed by atoms with Crippen molar-refractivity contribution in [3.8, 4) is 22.8 Å². The zero-order valence-corrected chi connectivity index (χ0v) is 20.3. The van der Waals surface area contributed by atoms with Crippen LogP contribution in [0.3, 0.4) is 0 Å². The lowest BCUT2D eigenvalue weighted by Gasteiger charge is -2.43. The summed E-state index contributed by atoms with van der Waals surface area (Å²) in [5, 5.41) is 9.60. The minimum atomic E-state index is -0.337. The molecule has 176 valence electrons. The van der Waals surface area contributed by atoms with Gasteiger partial charge < -0.3 is 19.6 Å². The quantitative estimate of drug-likeness (QED) is 0.584. The first-order chi connectivity index (χ1) is 15.7. The number of nitrogens with one attached hydrogen (secondary N) is 1. The minimum Gasteiger partial charge on any atom is -0.496 e. The molecule has 33 heavy (non-hydrogen) atoms. The lowest BCUT2D eigenvalue weighted by molar-refractivity contribution is 0.416. The smallest absolute Gasteiger partial charge is 0.328 e. The van der Waals surface area contributed by atoms with E-state index >= 15 is 0 Å². The van der Waals surface area contributed by atoms with Crippen molar-refractivity contribution in [3.05, 3.63) is 58.1 Å². The highest BCUT2D eigenvalue weighted by atomic mass is 16.5. The van der Waals surface area contributed by atoms with Crippen molar-refractivity contribution in [3.63, 3.8) is 0 Å². The molecule has 0 aliphatic carbocycles. The number of ether oxygens (including phenoxy) is 1. The van der Waals surface area contributed by atoms with Gasteiger partial charge in [0, 0.05) is 30.7 Å². The molecule has 1 aliphatic heterocycles. The van der Waals surface area contributed by atoms with Gasteiger partial charge in [0.1, 0.15) is 5.75 Å². The van der Waals surface area contributed by atoms with Gasteiger partial charge in [-0.2, -0.15) is 0 Å². The molecular weight excluding hydrogens is 416 g/mol. The molecule has 2 N–H and O–H groups in total. The van der Waals surface area contributed by atoms with E-state index in [4.69, 9.17) is 4.74 Å². The number of aryl methyl sites for hydroxylation is 1. The summed E-state index contributed by atoms with van der Waals surface area (Å²) in [7, 11) is 1.68. The molecule has 0 amide bonds. The van der Waals surface area contributed by atoms with E-state index in [9.17, 15) is 9.90 Å². The Balaban J connectivity index is 1.83. The Hall–Kier alpha value is -3.35.